The minimum absolute atomic E-state index is 0.262. The second-order valence-corrected chi connectivity index (χ2v) is 5.01. The van der Waals surface area contributed by atoms with Gasteiger partial charge in [-0.1, -0.05) is 11.6 Å². The van der Waals surface area contributed by atoms with Crippen molar-refractivity contribution in [2.24, 2.45) is 0 Å². The lowest BCUT2D eigenvalue weighted by atomic mass is 10.4. The average Bonchev–Trinajstić information content (AvgIpc) is 3.12. The molecule has 1 unspecified atom stereocenters. The van der Waals surface area contributed by atoms with E-state index in [0.29, 0.717) is 18.0 Å². The lowest BCUT2D eigenvalue weighted by Gasteiger charge is -2.26. The van der Waals surface area contributed by atoms with Crippen molar-refractivity contribution in [3.05, 3.63) is 0 Å². The molecule has 0 spiro atoms. The number of alkyl halides is 2. The standard InChI is InChI=1S/C6H15ClNO.C3H5ClO.C2H7N/c1-8(2,6-7)4-3-5-9;4-1-3-2-5-3;1-3-2/h9H,3-6H2,1-2H3;3H,1-2H2;3H,1-2H3/q+1;;. The number of epoxide rings is 1. The zero-order valence-corrected chi connectivity index (χ0v) is 12.9. The first-order valence-electron chi connectivity index (χ1n) is 5.72. The van der Waals surface area contributed by atoms with Crippen molar-refractivity contribution in [2.75, 3.05) is 59.8 Å². The Morgan fingerprint density at radius 3 is 2.00 bits per heavy atom. The van der Waals surface area contributed by atoms with Gasteiger partial charge in [-0.3, -0.25) is 0 Å². The lowest BCUT2D eigenvalue weighted by molar-refractivity contribution is -0.879. The predicted molar refractivity (Wildman–Crippen MR) is 74.8 cm³/mol. The van der Waals surface area contributed by atoms with Crippen LogP contribution in [-0.2, 0) is 4.74 Å². The molecule has 0 saturated carbocycles. The Kier molecular flexibility index (Phi) is 14.9. The van der Waals surface area contributed by atoms with Crippen molar-refractivity contribution >= 4 is 23.2 Å². The van der Waals surface area contributed by atoms with Gasteiger partial charge in [0.25, 0.3) is 0 Å². The van der Waals surface area contributed by atoms with E-state index in [9.17, 15) is 0 Å². The molecule has 1 rings (SSSR count). The summed E-state index contributed by atoms with van der Waals surface area (Å²) in [4.78, 5) is 0. The van der Waals surface area contributed by atoms with Gasteiger partial charge in [0, 0.05) is 13.0 Å². The largest absolute Gasteiger partial charge is 0.396 e. The molecule has 0 aromatic rings. The molecule has 1 fully saturated rings. The lowest BCUT2D eigenvalue weighted by Crippen LogP contribution is -2.39. The molecule has 17 heavy (non-hydrogen) atoms. The number of aliphatic hydroxyl groups excluding tert-OH is 1. The van der Waals surface area contributed by atoms with Crippen molar-refractivity contribution < 1.29 is 14.3 Å². The molecule has 0 amide bonds. The van der Waals surface area contributed by atoms with Gasteiger partial charge in [0.1, 0.15) is 0 Å². The number of nitrogens with one attached hydrogen (secondary N) is 1. The fourth-order valence-electron chi connectivity index (χ4n) is 0.716. The Bertz CT molecular complexity index is 156. The molecule has 6 heteroatoms. The highest BCUT2D eigenvalue weighted by Gasteiger charge is 2.19. The Labute approximate surface area is 115 Å². The van der Waals surface area contributed by atoms with E-state index in [2.05, 4.69) is 5.32 Å². The number of ether oxygens (including phenoxy) is 1. The number of nitrogens with zero attached hydrogens (tertiary/aromatic N) is 1. The summed E-state index contributed by atoms with van der Waals surface area (Å²) in [5.41, 5.74) is 0. The van der Waals surface area contributed by atoms with E-state index in [1.165, 1.54) is 0 Å². The van der Waals surface area contributed by atoms with Crippen LogP contribution in [-0.4, -0.2) is 75.5 Å². The summed E-state index contributed by atoms with van der Waals surface area (Å²) in [6.07, 6.45) is 1.23. The normalized spacial score (nSPS) is 17.5. The molecule has 0 aromatic heterocycles. The van der Waals surface area contributed by atoms with E-state index in [1.54, 1.807) is 0 Å². The number of rotatable bonds is 5. The van der Waals surface area contributed by atoms with E-state index in [1.807, 2.05) is 28.2 Å². The molecule has 0 bridgehead atoms. The molecule has 0 aliphatic carbocycles. The molecule has 1 saturated heterocycles. The van der Waals surface area contributed by atoms with E-state index >= 15 is 0 Å². The summed E-state index contributed by atoms with van der Waals surface area (Å²) in [6, 6.07) is 0.611. The maximum Gasteiger partial charge on any atom is 0.154 e. The Morgan fingerprint density at radius 2 is 1.82 bits per heavy atom. The first-order chi connectivity index (χ1) is 7.97. The molecule has 1 aliphatic rings. The van der Waals surface area contributed by atoms with Crippen LogP contribution in [0.15, 0.2) is 0 Å². The van der Waals surface area contributed by atoms with Crippen LogP contribution in [0.2, 0.25) is 0 Å². The van der Waals surface area contributed by atoms with Crippen LogP contribution in [0.4, 0.5) is 0 Å². The van der Waals surface area contributed by atoms with E-state index in [4.69, 9.17) is 33.0 Å². The minimum atomic E-state index is 0.262. The molecule has 2 N–H and O–H groups in total. The summed E-state index contributed by atoms with van der Waals surface area (Å²) >= 11 is 10.9. The van der Waals surface area contributed by atoms with Gasteiger partial charge in [-0.15, -0.1) is 11.6 Å². The van der Waals surface area contributed by atoms with Crippen LogP contribution in [0.5, 0.6) is 0 Å². The second kappa shape index (κ2) is 12.9. The monoisotopic (exact) mass is 289 g/mol. The molecular weight excluding hydrogens is 263 g/mol. The highest BCUT2D eigenvalue weighted by atomic mass is 35.5. The van der Waals surface area contributed by atoms with Gasteiger partial charge in [-0.25, -0.2) is 0 Å². The van der Waals surface area contributed by atoms with Crippen LogP contribution in [0.3, 0.4) is 0 Å². The average molecular weight is 290 g/mol. The van der Waals surface area contributed by atoms with Crippen molar-refractivity contribution in [1.82, 2.24) is 5.32 Å². The fraction of sp³-hybridized carbons (Fsp3) is 1.00. The van der Waals surface area contributed by atoms with Gasteiger partial charge in [-0.2, -0.15) is 0 Å². The molecule has 0 aromatic carbocycles. The third kappa shape index (κ3) is 19.0. The smallest absolute Gasteiger partial charge is 0.154 e. The zero-order chi connectivity index (χ0) is 13.7. The third-order valence-electron chi connectivity index (χ3n) is 1.82. The first kappa shape index (κ1) is 19.8. The molecule has 1 aliphatic heterocycles. The molecule has 1 heterocycles. The summed E-state index contributed by atoms with van der Waals surface area (Å²) in [7, 11) is 7.84. The van der Waals surface area contributed by atoms with Gasteiger partial charge in [0.2, 0.25) is 0 Å². The van der Waals surface area contributed by atoms with E-state index in [0.717, 1.165) is 24.1 Å². The topological polar surface area (TPSA) is 44.8 Å². The molecule has 0 radical (unpaired) electrons. The van der Waals surface area contributed by atoms with Gasteiger partial charge >= 0.3 is 0 Å². The first-order valence-corrected chi connectivity index (χ1v) is 6.79. The van der Waals surface area contributed by atoms with Gasteiger partial charge in [-0.05, 0) is 14.1 Å². The molecular formula is C11H27Cl2N2O2+. The summed E-state index contributed by atoms with van der Waals surface area (Å²) in [5, 5.41) is 11.2. The van der Waals surface area contributed by atoms with Crippen molar-refractivity contribution in [1.29, 1.82) is 0 Å². The molecule has 1 atom stereocenters. The van der Waals surface area contributed by atoms with Gasteiger partial charge < -0.3 is 19.6 Å². The summed E-state index contributed by atoms with van der Waals surface area (Å²) < 4.78 is 5.51. The van der Waals surface area contributed by atoms with Crippen LogP contribution in [0.25, 0.3) is 0 Å². The highest BCUT2D eigenvalue weighted by molar-refractivity contribution is 6.18. The SMILES string of the molecule is CNC.C[N+](C)(CCl)CCCO.ClCC1CO1. The maximum atomic E-state index is 8.47. The highest BCUT2D eigenvalue weighted by Crippen LogP contribution is 2.08. The van der Waals surface area contributed by atoms with E-state index < -0.39 is 0 Å². The summed E-state index contributed by atoms with van der Waals surface area (Å²) in [6.45, 7) is 2.09. The number of halogens is 2. The van der Waals surface area contributed by atoms with Crippen LogP contribution < -0.4 is 5.32 Å². The second-order valence-electron chi connectivity index (χ2n) is 4.47. The Hall–Kier alpha value is 0.420. The van der Waals surface area contributed by atoms with Crippen LogP contribution >= 0.6 is 23.2 Å². The Balaban J connectivity index is 0. The number of quaternary nitrogens is 1. The fourth-order valence-corrected chi connectivity index (χ4v) is 1.01. The minimum Gasteiger partial charge on any atom is -0.396 e. The van der Waals surface area contributed by atoms with Gasteiger partial charge in [0.05, 0.1) is 39.2 Å². The maximum absolute atomic E-state index is 8.47. The van der Waals surface area contributed by atoms with Gasteiger partial charge in [0.15, 0.2) is 6.00 Å². The zero-order valence-electron chi connectivity index (χ0n) is 11.4. The van der Waals surface area contributed by atoms with Crippen LogP contribution in [0, 0.1) is 0 Å². The molecule has 106 valence electrons. The van der Waals surface area contributed by atoms with Crippen molar-refractivity contribution in [3.63, 3.8) is 0 Å². The van der Waals surface area contributed by atoms with Crippen molar-refractivity contribution in [2.45, 2.75) is 12.5 Å². The predicted octanol–water partition coefficient (Wildman–Crippen LogP) is 1.10. The Morgan fingerprint density at radius 1 is 1.35 bits per heavy atom. The van der Waals surface area contributed by atoms with E-state index in [-0.39, 0.29) is 6.61 Å². The quantitative estimate of drug-likeness (QED) is 0.345. The third-order valence-corrected chi connectivity index (χ3v) is 2.81. The van der Waals surface area contributed by atoms with Crippen LogP contribution in [0.1, 0.15) is 6.42 Å². The number of aliphatic hydroxyl groups is 1. The number of hydrogen-bond donors (Lipinski definition) is 2. The number of hydrogen-bond acceptors (Lipinski definition) is 3. The molecule has 4 nitrogen and oxygen atoms in total. The van der Waals surface area contributed by atoms with Crippen molar-refractivity contribution in [3.8, 4) is 0 Å². The summed E-state index contributed by atoms with van der Waals surface area (Å²) in [5.74, 6) is 0.667.